The Morgan fingerprint density at radius 2 is 2.12 bits per heavy atom. The molecule has 0 saturated heterocycles. The molecule has 0 aliphatic rings. The minimum Gasteiger partial charge on any atom is -0.305 e. The van der Waals surface area contributed by atoms with Crippen LogP contribution in [-0.4, -0.2) is 18.3 Å². The number of rotatable bonds is 5. The van der Waals surface area contributed by atoms with Gasteiger partial charge < -0.3 is 5.32 Å². The Bertz CT molecular complexity index is 379. The predicted molar refractivity (Wildman–Crippen MR) is 72.9 cm³/mol. The molecule has 1 aromatic carbocycles. The maximum atomic E-state index is 5.18. The van der Waals surface area contributed by atoms with Gasteiger partial charge in [0.2, 0.25) is 0 Å². The average Bonchev–Trinajstić information content (AvgIpc) is 2.24. The first kappa shape index (κ1) is 13.2. The van der Waals surface area contributed by atoms with E-state index in [-0.39, 0.29) is 0 Å². The molecule has 86 valence electrons. The van der Waals surface area contributed by atoms with Gasteiger partial charge in [0.05, 0.1) is 6.54 Å². The summed E-state index contributed by atoms with van der Waals surface area (Å²) >= 11 is 1.89. The first-order chi connectivity index (χ1) is 7.63. The highest BCUT2D eigenvalue weighted by Crippen LogP contribution is 2.24. The SMILES string of the molecule is C#CCNCC(C)Sc1ccc(C)c(C)c1. The summed E-state index contributed by atoms with van der Waals surface area (Å²) in [5.41, 5.74) is 2.70. The van der Waals surface area contributed by atoms with Crippen molar-refractivity contribution in [2.75, 3.05) is 13.1 Å². The lowest BCUT2D eigenvalue weighted by Gasteiger charge is -2.12. The first-order valence-electron chi connectivity index (χ1n) is 5.51. The zero-order valence-electron chi connectivity index (χ0n) is 10.2. The van der Waals surface area contributed by atoms with Gasteiger partial charge in [0.25, 0.3) is 0 Å². The molecule has 0 amide bonds. The van der Waals surface area contributed by atoms with Crippen molar-refractivity contribution >= 4 is 11.8 Å². The molecule has 1 atom stereocenters. The van der Waals surface area contributed by atoms with Crippen molar-refractivity contribution in [3.63, 3.8) is 0 Å². The summed E-state index contributed by atoms with van der Waals surface area (Å²) in [7, 11) is 0. The molecular weight excluding hydrogens is 214 g/mol. The van der Waals surface area contributed by atoms with Gasteiger partial charge >= 0.3 is 0 Å². The fourth-order valence-corrected chi connectivity index (χ4v) is 2.47. The fraction of sp³-hybridized carbons (Fsp3) is 0.429. The summed E-state index contributed by atoms with van der Waals surface area (Å²) in [5, 5.41) is 3.76. The number of aryl methyl sites for hydroxylation is 2. The van der Waals surface area contributed by atoms with Gasteiger partial charge in [-0.3, -0.25) is 0 Å². The van der Waals surface area contributed by atoms with Crippen LogP contribution in [0, 0.1) is 26.2 Å². The van der Waals surface area contributed by atoms with Crippen LogP contribution in [0.5, 0.6) is 0 Å². The van der Waals surface area contributed by atoms with Gasteiger partial charge in [0.1, 0.15) is 0 Å². The summed E-state index contributed by atoms with van der Waals surface area (Å²) in [4.78, 5) is 1.33. The van der Waals surface area contributed by atoms with Crippen LogP contribution in [0.15, 0.2) is 23.1 Å². The van der Waals surface area contributed by atoms with E-state index < -0.39 is 0 Å². The van der Waals surface area contributed by atoms with Crippen LogP contribution in [0.4, 0.5) is 0 Å². The van der Waals surface area contributed by atoms with E-state index >= 15 is 0 Å². The van der Waals surface area contributed by atoms with E-state index in [1.54, 1.807) is 0 Å². The standard InChI is InChI=1S/C14H19NS/c1-5-8-15-10-13(4)16-14-7-6-11(2)12(3)9-14/h1,6-7,9,13,15H,8,10H2,2-4H3. The van der Waals surface area contributed by atoms with Gasteiger partial charge in [0, 0.05) is 16.7 Å². The molecule has 0 aliphatic carbocycles. The second kappa shape index (κ2) is 6.62. The molecule has 0 aromatic heterocycles. The summed E-state index contributed by atoms with van der Waals surface area (Å²) in [5.74, 6) is 2.58. The van der Waals surface area contributed by atoms with Gasteiger partial charge in [-0.25, -0.2) is 0 Å². The number of nitrogens with one attached hydrogen (secondary N) is 1. The third-order valence-electron chi connectivity index (χ3n) is 2.47. The maximum absolute atomic E-state index is 5.18. The Hall–Kier alpha value is -0.910. The van der Waals surface area contributed by atoms with Crippen molar-refractivity contribution in [3.05, 3.63) is 29.3 Å². The monoisotopic (exact) mass is 233 g/mol. The first-order valence-corrected chi connectivity index (χ1v) is 6.39. The van der Waals surface area contributed by atoms with E-state index in [0.717, 1.165) is 6.54 Å². The lowest BCUT2D eigenvalue weighted by atomic mass is 10.1. The smallest absolute Gasteiger partial charge is 0.0574 e. The van der Waals surface area contributed by atoms with E-state index in [4.69, 9.17) is 6.42 Å². The number of terminal acetylenes is 1. The minimum absolute atomic E-state index is 0.537. The lowest BCUT2D eigenvalue weighted by Crippen LogP contribution is -2.22. The normalized spacial score (nSPS) is 12.1. The van der Waals surface area contributed by atoms with E-state index in [9.17, 15) is 0 Å². The summed E-state index contributed by atoms with van der Waals surface area (Å²) in [6.45, 7) is 8.10. The fourth-order valence-electron chi connectivity index (χ4n) is 1.41. The van der Waals surface area contributed by atoms with Crippen molar-refractivity contribution in [1.82, 2.24) is 5.32 Å². The van der Waals surface area contributed by atoms with Crippen molar-refractivity contribution in [2.45, 2.75) is 30.9 Å². The van der Waals surface area contributed by atoms with E-state index in [2.05, 4.69) is 50.2 Å². The predicted octanol–water partition coefficient (Wildman–Crippen LogP) is 3.01. The molecule has 0 radical (unpaired) electrons. The van der Waals surface area contributed by atoms with Crippen LogP contribution >= 0.6 is 11.8 Å². The van der Waals surface area contributed by atoms with Crippen LogP contribution < -0.4 is 5.32 Å². The molecule has 1 rings (SSSR count). The quantitative estimate of drug-likeness (QED) is 0.477. The molecule has 0 heterocycles. The Morgan fingerprint density at radius 3 is 2.75 bits per heavy atom. The van der Waals surface area contributed by atoms with Crippen molar-refractivity contribution in [1.29, 1.82) is 0 Å². The number of hydrogen-bond donors (Lipinski definition) is 1. The number of hydrogen-bond acceptors (Lipinski definition) is 2. The Morgan fingerprint density at radius 1 is 1.38 bits per heavy atom. The highest BCUT2D eigenvalue weighted by atomic mass is 32.2. The molecule has 2 heteroatoms. The van der Waals surface area contributed by atoms with Crippen molar-refractivity contribution in [3.8, 4) is 12.3 Å². The molecular formula is C14H19NS. The van der Waals surface area contributed by atoms with Crippen molar-refractivity contribution in [2.24, 2.45) is 0 Å². The summed E-state index contributed by atoms with van der Waals surface area (Å²) < 4.78 is 0. The summed E-state index contributed by atoms with van der Waals surface area (Å²) in [6, 6.07) is 6.61. The molecule has 0 bridgehead atoms. The molecule has 1 aromatic rings. The average molecular weight is 233 g/mol. The largest absolute Gasteiger partial charge is 0.305 e. The van der Waals surface area contributed by atoms with E-state index in [1.165, 1.54) is 16.0 Å². The lowest BCUT2D eigenvalue weighted by molar-refractivity contribution is 0.748. The molecule has 1 nitrogen and oxygen atoms in total. The van der Waals surface area contributed by atoms with Crippen molar-refractivity contribution < 1.29 is 0 Å². The second-order valence-electron chi connectivity index (χ2n) is 4.01. The van der Waals surface area contributed by atoms with Crippen LogP contribution in [-0.2, 0) is 0 Å². The van der Waals surface area contributed by atoms with Crippen LogP contribution in [0.2, 0.25) is 0 Å². The minimum atomic E-state index is 0.537. The van der Waals surface area contributed by atoms with Gasteiger partial charge in [-0.15, -0.1) is 18.2 Å². The molecule has 1 unspecified atom stereocenters. The highest BCUT2D eigenvalue weighted by molar-refractivity contribution is 8.00. The molecule has 0 spiro atoms. The molecule has 1 N–H and O–H groups in total. The molecule has 16 heavy (non-hydrogen) atoms. The van der Waals surface area contributed by atoms with Crippen LogP contribution in [0.25, 0.3) is 0 Å². The van der Waals surface area contributed by atoms with Gasteiger partial charge in [-0.1, -0.05) is 18.9 Å². The Kier molecular flexibility index (Phi) is 5.45. The number of thioether (sulfide) groups is 1. The highest BCUT2D eigenvalue weighted by Gasteiger charge is 2.04. The zero-order chi connectivity index (χ0) is 12.0. The third-order valence-corrected chi connectivity index (χ3v) is 3.57. The van der Waals surface area contributed by atoms with Gasteiger partial charge in [-0.05, 0) is 37.1 Å². The zero-order valence-corrected chi connectivity index (χ0v) is 11.0. The third kappa shape index (κ3) is 4.30. The Labute approximate surface area is 103 Å². The van der Waals surface area contributed by atoms with Crippen LogP contribution in [0.3, 0.4) is 0 Å². The van der Waals surface area contributed by atoms with Crippen LogP contribution in [0.1, 0.15) is 18.1 Å². The molecule has 0 fully saturated rings. The number of benzene rings is 1. The topological polar surface area (TPSA) is 12.0 Å². The second-order valence-corrected chi connectivity index (χ2v) is 5.52. The molecule has 0 aliphatic heterocycles. The Balaban J connectivity index is 2.47. The van der Waals surface area contributed by atoms with E-state index in [0.29, 0.717) is 11.8 Å². The van der Waals surface area contributed by atoms with Gasteiger partial charge in [0.15, 0.2) is 0 Å². The van der Waals surface area contributed by atoms with E-state index in [1.807, 2.05) is 11.8 Å². The summed E-state index contributed by atoms with van der Waals surface area (Å²) in [6.07, 6.45) is 5.18. The van der Waals surface area contributed by atoms with Gasteiger partial charge in [-0.2, -0.15) is 0 Å². The maximum Gasteiger partial charge on any atom is 0.0574 e. The molecule has 0 saturated carbocycles.